The highest BCUT2D eigenvalue weighted by Crippen LogP contribution is 2.42. The third kappa shape index (κ3) is 7.63. The molecule has 0 atom stereocenters. The van der Waals surface area contributed by atoms with Crippen LogP contribution in [0.5, 0.6) is 0 Å². The van der Waals surface area contributed by atoms with Gasteiger partial charge in [-0.05, 0) is 148 Å². The van der Waals surface area contributed by atoms with Gasteiger partial charge in [0.1, 0.15) is 0 Å². The topological polar surface area (TPSA) is 0 Å². The molecular weight excluding hydrogens is 745 g/mol. The Labute approximate surface area is 366 Å². The van der Waals surface area contributed by atoms with Gasteiger partial charge >= 0.3 is 0 Å². The molecule has 0 saturated heterocycles. The van der Waals surface area contributed by atoms with Crippen molar-refractivity contribution in [2.75, 3.05) is 0 Å². The predicted molar refractivity (Wildman–Crippen MR) is 269 cm³/mol. The van der Waals surface area contributed by atoms with Crippen LogP contribution >= 0.6 is 0 Å². The summed E-state index contributed by atoms with van der Waals surface area (Å²) >= 11 is 0. The summed E-state index contributed by atoms with van der Waals surface area (Å²) < 4.78 is 0. The highest BCUT2D eigenvalue weighted by atomic mass is 14.2. The van der Waals surface area contributed by atoms with Gasteiger partial charge in [-0.1, -0.05) is 221 Å². The van der Waals surface area contributed by atoms with E-state index in [4.69, 9.17) is 0 Å². The van der Waals surface area contributed by atoms with Crippen molar-refractivity contribution in [3.63, 3.8) is 0 Å². The summed E-state index contributed by atoms with van der Waals surface area (Å²) in [5, 5.41) is 10.2. The first-order valence-corrected chi connectivity index (χ1v) is 22.6. The Morgan fingerprint density at radius 2 is 0.581 bits per heavy atom. The van der Waals surface area contributed by atoms with Crippen molar-refractivity contribution in [1.82, 2.24) is 0 Å². The predicted octanol–water partition coefficient (Wildman–Crippen LogP) is 17.3. The Balaban J connectivity index is 1.18. The lowest BCUT2D eigenvalue weighted by Crippen LogP contribution is -1.99. The van der Waals surface area contributed by atoms with Gasteiger partial charge in [0.15, 0.2) is 0 Å². The monoisotopic (exact) mass is 796 g/mol. The lowest BCUT2D eigenvalue weighted by atomic mass is 9.83. The largest absolute Gasteiger partial charge is 0.0654 e. The first-order chi connectivity index (χ1) is 30.7. The second kappa shape index (κ2) is 17.5. The molecule has 0 bridgehead atoms. The smallest absolute Gasteiger partial charge is 0.00268 e. The fraction of sp³-hybridized carbons (Fsp3) is 0.129. The fourth-order valence-electron chi connectivity index (χ4n) is 9.61. The summed E-state index contributed by atoms with van der Waals surface area (Å²) in [5.74, 6) is 0. The van der Waals surface area contributed by atoms with E-state index in [0.717, 1.165) is 12.8 Å². The quantitative estimate of drug-likeness (QED) is 0.0853. The summed E-state index contributed by atoms with van der Waals surface area (Å²) in [6.45, 7) is 4.54. The van der Waals surface area contributed by atoms with Gasteiger partial charge in [-0.25, -0.2) is 0 Å². The normalized spacial score (nSPS) is 12.0. The molecule has 62 heavy (non-hydrogen) atoms. The maximum atomic E-state index is 2.36. The van der Waals surface area contributed by atoms with Crippen LogP contribution in [0, 0.1) is 0 Å². The van der Waals surface area contributed by atoms with Gasteiger partial charge in [-0.2, -0.15) is 0 Å². The molecule has 0 amide bonds. The molecular formula is C62H52. The Morgan fingerprint density at radius 1 is 0.306 bits per heavy atom. The minimum Gasteiger partial charge on any atom is -0.0654 e. The Morgan fingerprint density at radius 3 is 0.871 bits per heavy atom. The maximum absolute atomic E-state index is 2.36. The van der Waals surface area contributed by atoms with Crippen LogP contribution < -0.4 is 0 Å². The molecule has 0 saturated carbocycles. The Kier molecular flexibility index (Phi) is 11.1. The van der Waals surface area contributed by atoms with E-state index in [1.807, 2.05) is 0 Å². The van der Waals surface area contributed by atoms with Gasteiger partial charge in [0.2, 0.25) is 0 Å². The van der Waals surface area contributed by atoms with Crippen LogP contribution in [-0.4, -0.2) is 0 Å². The van der Waals surface area contributed by atoms with E-state index in [2.05, 4.69) is 220 Å². The van der Waals surface area contributed by atoms with Crippen LogP contribution in [0.3, 0.4) is 0 Å². The third-order valence-electron chi connectivity index (χ3n) is 12.8. The molecule has 0 heteroatoms. The van der Waals surface area contributed by atoms with Crippen molar-refractivity contribution in [2.45, 2.75) is 52.4 Å². The van der Waals surface area contributed by atoms with Gasteiger partial charge in [-0.15, -0.1) is 0 Å². The molecule has 0 radical (unpaired) electrons. The summed E-state index contributed by atoms with van der Waals surface area (Å²) in [6.07, 6.45) is 6.96. The van der Waals surface area contributed by atoms with Crippen LogP contribution in [0.15, 0.2) is 206 Å². The minimum absolute atomic E-state index is 1.10. The van der Waals surface area contributed by atoms with Crippen LogP contribution in [0.25, 0.3) is 76.5 Å². The van der Waals surface area contributed by atoms with Gasteiger partial charge in [0.05, 0.1) is 0 Å². The molecule has 0 aliphatic heterocycles. The molecule has 0 aliphatic carbocycles. The molecule has 0 spiro atoms. The highest BCUT2D eigenvalue weighted by molar-refractivity contribution is 6.14. The van der Waals surface area contributed by atoms with Crippen molar-refractivity contribution >= 4 is 54.2 Å². The summed E-state index contributed by atoms with van der Waals surface area (Å²) in [4.78, 5) is 0. The first-order valence-electron chi connectivity index (χ1n) is 22.6. The zero-order valence-electron chi connectivity index (χ0n) is 35.9. The Bertz CT molecular complexity index is 2870. The number of rotatable bonds is 12. The van der Waals surface area contributed by atoms with Crippen molar-refractivity contribution in [3.05, 3.63) is 240 Å². The van der Waals surface area contributed by atoms with E-state index >= 15 is 0 Å². The second-order valence-corrected chi connectivity index (χ2v) is 16.9. The lowest BCUT2D eigenvalue weighted by molar-refractivity contribution is 0.795. The number of hydrogen-bond acceptors (Lipinski definition) is 0. The molecule has 0 fully saturated rings. The summed E-state index contributed by atoms with van der Waals surface area (Å²) in [6, 6.07) is 77.5. The van der Waals surface area contributed by atoms with Crippen LogP contribution in [0.4, 0.5) is 0 Å². The second-order valence-electron chi connectivity index (χ2n) is 16.9. The molecule has 0 aliphatic rings. The van der Waals surface area contributed by atoms with Crippen molar-refractivity contribution in [3.8, 4) is 22.3 Å². The molecule has 300 valence electrons. The van der Waals surface area contributed by atoms with Gasteiger partial charge in [0.25, 0.3) is 0 Å². The molecule has 10 rings (SSSR count). The van der Waals surface area contributed by atoms with Crippen LogP contribution in [0.2, 0.25) is 0 Å². The third-order valence-corrected chi connectivity index (χ3v) is 12.8. The highest BCUT2D eigenvalue weighted by Gasteiger charge is 2.19. The average Bonchev–Trinajstić information content (AvgIpc) is 3.33. The molecule has 0 unspecified atom stereocenters. The van der Waals surface area contributed by atoms with Crippen molar-refractivity contribution < 1.29 is 0 Å². The van der Waals surface area contributed by atoms with E-state index in [9.17, 15) is 0 Å². The van der Waals surface area contributed by atoms with Gasteiger partial charge in [0, 0.05) is 0 Å². The number of unbranched alkanes of at least 4 members (excludes halogenated alkanes) is 2. The number of fused-ring (bicyclic) bond motifs is 4. The van der Waals surface area contributed by atoms with Crippen molar-refractivity contribution in [1.29, 1.82) is 0 Å². The fourth-order valence-corrected chi connectivity index (χ4v) is 9.61. The van der Waals surface area contributed by atoms with E-state index in [0.29, 0.717) is 0 Å². The Hall–Kier alpha value is -7.02. The molecule has 10 aromatic rings. The average molecular weight is 797 g/mol. The van der Waals surface area contributed by atoms with Crippen molar-refractivity contribution in [2.24, 2.45) is 0 Å². The van der Waals surface area contributed by atoms with E-state index in [-0.39, 0.29) is 0 Å². The lowest BCUT2D eigenvalue weighted by Gasteiger charge is -2.20. The maximum Gasteiger partial charge on any atom is -0.00268 e. The van der Waals surface area contributed by atoms with Gasteiger partial charge in [-0.3, -0.25) is 0 Å². The van der Waals surface area contributed by atoms with Crippen LogP contribution in [-0.2, 0) is 12.8 Å². The van der Waals surface area contributed by atoms with Gasteiger partial charge < -0.3 is 0 Å². The van der Waals surface area contributed by atoms with E-state index < -0.39 is 0 Å². The standard InChI is InChI=1S/C62H52/c1-3-5-15-43-25-29-45(30-26-43)59(47-33-37-49(38-34-47)61-55-21-11-7-17-51(55)41-52-18-8-12-22-56(52)61)60(46-31-27-44(28-32-46)16-6-4-2)48-35-39-50(40-36-48)62-57-23-13-9-19-53(57)42-54-20-10-14-24-58(54)62/h7-14,17-42H,3-6,15-16H2,1-2H3/b60-59+. The molecule has 10 aromatic carbocycles. The molecule has 0 heterocycles. The number of hydrogen-bond donors (Lipinski definition) is 0. The van der Waals surface area contributed by atoms with E-state index in [1.54, 1.807) is 0 Å². The molecule has 0 nitrogen and oxygen atoms in total. The molecule has 0 N–H and O–H groups in total. The zero-order chi connectivity index (χ0) is 41.8. The number of aryl methyl sites for hydroxylation is 2. The zero-order valence-corrected chi connectivity index (χ0v) is 35.9. The first kappa shape index (κ1) is 39.1. The number of benzene rings is 10. The minimum atomic E-state index is 1.10. The molecule has 0 aromatic heterocycles. The summed E-state index contributed by atoms with van der Waals surface area (Å²) in [5.41, 5.74) is 15.1. The van der Waals surface area contributed by atoms with E-state index in [1.165, 1.54) is 136 Å². The summed E-state index contributed by atoms with van der Waals surface area (Å²) in [7, 11) is 0. The SMILES string of the molecule is CCCCc1ccc(/C(=C(/c2ccc(CCCC)cc2)c2ccc(-c3c4ccccc4cc4ccccc34)cc2)c2ccc(-c3c4ccccc4cc4ccccc34)cc2)cc1. The van der Waals surface area contributed by atoms with Crippen LogP contribution in [0.1, 0.15) is 72.9 Å².